The average molecular weight is 466 g/mol. The maximum Gasteiger partial charge on any atom is 0.320 e. The van der Waals surface area contributed by atoms with Crippen LogP contribution in [0.1, 0.15) is 42.5 Å². The van der Waals surface area contributed by atoms with Crippen LogP contribution >= 0.6 is 11.6 Å². The molecule has 5 nitrogen and oxygen atoms in total. The van der Waals surface area contributed by atoms with Gasteiger partial charge in [0.25, 0.3) is 0 Å². The number of benzene rings is 3. The molecule has 0 spiro atoms. The molecule has 2 atom stereocenters. The van der Waals surface area contributed by atoms with E-state index in [0.29, 0.717) is 42.7 Å². The third kappa shape index (κ3) is 5.49. The highest BCUT2D eigenvalue weighted by molar-refractivity contribution is 6.30. The van der Waals surface area contributed by atoms with Crippen LogP contribution in [0.3, 0.4) is 0 Å². The van der Waals surface area contributed by atoms with Crippen LogP contribution < -0.4 is 9.47 Å². The van der Waals surface area contributed by atoms with Crippen molar-refractivity contribution in [3.63, 3.8) is 0 Å². The summed E-state index contributed by atoms with van der Waals surface area (Å²) in [5, 5.41) is 10.5. The summed E-state index contributed by atoms with van der Waals surface area (Å²) in [7, 11) is 0. The summed E-state index contributed by atoms with van der Waals surface area (Å²) in [5.74, 6) is 0.519. The summed E-state index contributed by atoms with van der Waals surface area (Å²) < 4.78 is 12.0. The monoisotopic (exact) mass is 465 g/mol. The highest BCUT2D eigenvalue weighted by Gasteiger charge is 2.37. The van der Waals surface area contributed by atoms with E-state index in [1.807, 2.05) is 79.7 Å². The van der Waals surface area contributed by atoms with E-state index in [4.69, 9.17) is 21.1 Å². The number of carboxylic acids is 1. The Morgan fingerprint density at radius 1 is 1.03 bits per heavy atom. The van der Waals surface area contributed by atoms with Crippen LogP contribution in [0.4, 0.5) is 0 Å². The zero-order valence-corrected chi connectivity index (χ0v) is 19.4. The van der Waals surface area contributed by atoms with E-state index in [9.17, 15) is 9.90 Å². The van der Waals surface area contributed by atoms with Gasteiger partial charge in [0.15, 0.2) is 11.5 Å². The van der Waals surface area contributed by atoms with Crippen molar-refractivity contribution in [2.75, 3.05) is 13.2 Å². The first kappa shape index (κ1) is 23.1. The Morgan fingerprint density at radius 3 is 2.45 bits per heavy atom. The molecule has 3 aromatic rings. The Morgan fingerprint density at radius 2 is 1.76 bits per heavy atom. The first-order valence-corrected chi connectivity index (χ1v) is 11.6. The molecule has 1 aliphatic rings. The van der Waals surface area contributed by atoms with Crippen molar-refractivity contribution >= 4 is 17.6 Å². The molecule has 0 aromatic heterocycles. The highest BCUT2D eigenvalue weighted by Crippen LogP contribution is 2.39. The Labute approximate surface area is 199 Å². The third-order valence-electron chi connectivity index (χ3n) is 5.92. The molecular formula is C27H28ClNO4. The van der Waals surface area contributed by atoms with E-state index in [1.165, 1.54) is 0 Å². The van der Waals surface area contributed by atoms with Crippen molar-refractivity contribution in [3.8, 4) is 11.5 Å². The van der Waals surface area contributed by atoms with Crippen molar-refractivity contribution in [2.24, 2.45) is 0 Å². The number of carboxylic acid groups (broad SMARTS) is 1. The molecular weight excluding hydrogens is 438 g/mol. The minimum Gasteiger partial charge on any atom is -0.490 e. The number of aliphatic carboxylic acids is 1. The Balaban J connectivity index is 1.69. The molecule has 1 N–H and O–H groups in total. The van der Waals surface area contributed by atoms with Gasteiger partial charge in [0.2, 0.25) is 0 Å². The van der Waals surface area contributed by atoms with Gasteiger partial charge in [0.05, 0.1) is 12.6 Å². The van der Waals surface area contributed by atoms with Crippen molar-refractivity contribution in [2.45, 2.75) is 38.5 Å². The van der Waals surface area contributed by atoms with Gasteiger partial charge in [-0.05, 0) is 60.7 Å². The van der Waals surface area contributed by atoms with Gasteiger partial charge in [0.1, 0.15) is 12.6 Å². The van der Waals surface area contributed by atoms with Gasteiger partial charge in [-0.3, -0.25) is 9.69 Å². The molecule has 4 rings (SSSR count). The fraction of sp³-hybridized carbons (Fsp3) is 0.296. The van der Waals surface area contributed by atoms with Crippen molar-refractivity contribution in [3.05, 3.63) is 94.5 Å². The first-order valence-electron chi connectivity index (χ1n) is 11.2. The highest BCUT2D eigenvalue weighted by atomic mass is 35.5. The van der Waals surface area contributed by atoms with Crippen LogP contribution in [-0.4, -0.2) is 35.2 Å². The van der Waals surface area contributed by atoms with Gasteiger partial charge in [-0.15, -0.1) is 0 Å². The lowest BCUT2D eigenvalue weighted by Crippen LogP contribution is -2.39. The predicted octanol–water partition coefficient (Wildman–Crippen LogP) is 5.96. The molecule has 0 bridgehead atoms. The summed E-state index contributed by atoms with van der Waals surface area (Å²) in [6.45, 7) is 3.58. The van der Waals surface area contributed by atoms with Gasteiger partial charge in [-0.25, -0.2) is 0 Å². The number of carbonyl (C=O) groups is 1. The average Bonchev–Trinajstić information content (AvgIpc) is 3.31. The van der Waals surface area contributed by atoms with Crippen molar-refractivity contribution < 1.29 is 19.4 Å². The number of hydrogen-bond acceptors (Lipinski definition) is 4. The standard InChI is InChI=1S/C27H28ClNO4/c1-2-32-25-17-21(12-15-24(25)33-18-19-7-4-3-5-8-19)26(20-10-13-22(28)14-11-20)29-16-6-9-23(29)27(30)31/h3-5,7-8,10-15,17,23,26H,2,6,9,16,18H2,1H3,(H,30,31). The normalized spacial score (nSPS) is 17.0. The van der Waals surface area contributed by atoms with Crippen LogP contribution in [0.2, 0.25) is 5.02 Å². The van der Waals surface area contributed by atoms with E-state index in [0.717, 1.165) is 23.1 Å². The lowest BCUT2D eigenvalue weighted by atomic mass is 9.96. The van der Waals surface area contributed by atoms with Gasteiger partial charge in [-0.1, -0.05) is 60.1 Å². The van der Waals surface area contributed by atoms with Crippen molar-refractivity contribution in [1.82, 2.24) is 4.90 Å². The summed E-state index contributed by atoms with van der Waals surface area (Å²) in [4.78, 5) is 14.0. The molecule has 6 heteroatoms. The minimum atomic E-state index is -0.792. The molecule has 0 radical (unpaired) electrons. The second-order valence-corrected chi connectivity index (χ2v) is 8.54. The van der Waals surface area contributed by atoms with E-state index >= 15 is 0 Å². The topological polar surface area (TPSA) is 59.0 Å². The fourth-order valence-corrected chi connectivity index (χ4v) is 4.53. The SMILES string of the molecule is CCOc1cc(C(c2ccc(Cl)cc2)N2CCCC2C(=O)O)ccc1OCc1ccccc1. The van der Waals surface area contributed by atoms with Crippen LogP contribution in [0, 0.1) is 0 Å². The molecule has 1 aliphatic heterocycles. The summed E-state index contributed by atoms with van der Waals surface area (Å²) in [6, 6.07) is 22.7. The fourth-order valence-electron chi connectivity index (χ4n) is 4.40. The zero-order valence-electron chi connectivity index (χ0n) is 18.6. The zero-order chi connectivity index (χ0) is 23.2. The first-order chi connectivity index (χ1) is 16.1. The Hall–Kier alpha value is -3.02. The van der Waals surface area contributed by atoms with Gasteiger partial charge in [-0.2, -0.15) is 0 Å². The largest absolute Gasteiger partial charge is 0.490 e. The number of rotatable bonds is 9. The molecule has 0 amide bonds. The van der Waals surface area contributed by atoms with E-state index in [2.05, 4.69) is 4.90 Å². The van der Waals surface area contributed by atoms with Crippen LogP contribution in [0.5, 0.6) is 11.5 Å². The molecule has 0 saturated carbocycles. The van der Waals surface area contributed by atoms with Crippen LogP contribution in [-0.2, 0) is 11.4 Å². The lowest BCUT2D eigenvalue weighted by Gasteiger charge is -2.32. The second-order valence-electron chi connectivity index (χ2n) is 8.10. The smallest absolute Gasteiger partial charge is 0.320 e. The number of halogens is 1. The number of likely N-dealkylation sites (tertiary alicyclic amines) is 1. The Kier molecular flexibility index (Phi) is 7.53. The molecule has 3 aromatic carbocycles. The van der Waals surface area contributed by atoms with E-state index in [1.54, 1.807) is 0 Å². The van der Waals surface area contributed by atoms with Gasteiger partial charge in [0, 0.05) is 11.6 Å². The number of nitrogens with zero attached hydrogens (tertiary/aromatic N) is 1. The third-order valence-corrected chi connectivity index (χ3v) is 6.17. The predicted molar refractivity (Wildman–Crippen MR) is 129 cm³/mol. The quantitative estimate of drug-likeness (QED) is 0.422. The molecule has 2 unspecified atom stereocenters. The van der Waals surface area contributed by atoms with Gasteiger partial charge >= 0.3 is 5.97 Å². The van der Waals surface area contributed by atoms with Crippen LogP contribution in [0.25, 0.3) is 0 Å². The molecule has 0 aliphatic carbocycles. The summed E-state index contributed by atoms with van der Waals surface area (Å²) >= 11 is 6.13. The molecule has 33 heavy (non-hydrogen) atoms. The van der Waals surface area contributed by atoms with Gasteiger partial charge < -0.3 is 14.6 Å². The molecule has 1 fully saturated rings. The molecule has 1 saturated heterocycles. The van der Waals surface area contributed by atoms with E-state index < -0.39 is 12.0 Å². The van der Waals surface area contributed by atoms with Crippen LogP contribution in [0.15, 0.2) is 72.8 Å². The maximum absolute atomic E-state index is 12.0. The summed E-state index contributed by atoms with van der Waals surface area (Å²) in [5.41, 5.74) is 3.03. The summed E-state index contributed by atoms with van der Waals surface area (Å²) in [6.07, 6.45) is 1.48. The maximum atomic E-state index is 12.0. The van der Waals surface area contributed by atoms with E-state index in [-0.39, 0.29) is 6.04 Å². The molecule has 1 heterocycles. The van der Waals surface area contributed by atoms with Crippen molar-refractivity contribution in [1.29, 1.82) is 0 Å². The lowest BCUT2D eigenvalue weighted by molar-refractivity contribution is -0.142. The second kappa shape index (κ2) is 10.7. The number of ether oxygens (including phenoxy) is 2. The molecule has 172 valence electrons. The minimum absolute atomic E-state index is 0.228. The number of hydrogen-bond donors (Lipinski definition) is 1. The Bertz CT molecular complexity index is 1070.